The van der Waals surface area contributed by atoms with Crippen molar-refractivity contribution in [3.63, 3.8) is 0 Å². The number of hydrogen-bond acceptors (Lipinski definition) is 2. The van der Waals surface area contributed by atoms with Crippen molar-refractivity contribution in [3.8, 4) is 0 Å². The highest BCUT2D eigenvalue weighted by Gasteiger charge is 2.16. The largest absolute Gasteiger partial charge is 0.381 e. The quantitative estimate of drug-likeness (QED) is 0.829. The average molecular weight is 229 g/mol. The van der Waals surface area contributed by atoms with Crippen molar-refractivity contribution in [2.75, 3.05) is 25.5 Å². The van der Waals surface area contributed by atoms with Gasteiger partial charge in [0.05, 0.1) is 0 Å². The second-order valence-corrected chi connectivity index (χ2v) is 5.03. The molecule has 3 rings (SSSR count). The topological polar surface area (TPSA) is 31.1 Å². The Labute approximate surface area is 102 Å². The molecule has 1 saturated heterocycles. The van der Waals surface area contributed by atoms with E-state index in [0.29, 0.717) is 6.04 Å². The van der Waals surface area contributed by atoms with Crippen LogP contribution in [0.15, 0.2) is 30.5 Å². The summed E-state index contributed by atoms with van der Waals surface area (Å²) >= 11 is 0. The third-order valence-corrected chi connectivity index (χ3v) is 3.55. The number of hydrogen-bond donors (Lipinski definition) is 2. The van der Waals surface area contributed by atoms with E-state index in [2.05, 4.69) is 46.5 Å². The molecular weight excluding hydrogens is 210 g/mol. The Balaban J connectivity index is 1.75. The Bertz CT molecular complexity index is 503. The summed E-state index contributed by atoms with van der Waals surface area (Å²) < 4.78 is 0. The van der Waals surface area contributed by atoms with Crippen LogP contribution in [0.25, 0.3) is 10.9 Å². The van der Waals surface area contributed by atoms with Gasteiger partial charge in [0.2, 0.25) is 0 Å². The van der Waals surface area contributed by atoms with Gasteiger partial charge in [0.1, 0.15) is 0 Å². The number of aromatic amines is 1. The number of rotatable bonds is 2. The van der Waals surface area contributed by atoms with Crippen LogP contribution >= 0.6 is 0 Å². The molecule has 0 saturated carbocycles. The minimum Gasteiger partial charge on any atom is -0.381 e. The van der Waals surface area contributed by atoms with Crippen LogP contribution in [0.2, 0.25) is 0 Å². The second-order valence-electron chi connectivity index (χ2n) is 5.03. The number of anilines is 1. The number of piperidine rings is 1. The van der Waals surface area contributed by atoms with Gasteiger partial charge in [-0.05, 0) is 50.7 Å². The van der Waals surface area contributed by atoms with Crippen LogP contribution in [0.5, 0.6) is 0 Å². The predicted molar refractivity (Wildman–Crippen MR) is 72.4 cm³/mol. The molecule has 3 nitrogen and oxygen atoms in total. The van der Waals surface area contributed by atoms with Crippen molar-refractivity contribution in [1.29, 1.82) is 0 Å². The molecular formula is C14H19N3. The first-order valence-corrected chi connectivity index (χ1v) is 6.33. The van der Waals surface area contributed by atoms with Crippen molar-refractivity contribution in [3.05, 3.63) is 30.5 Å². The zero-order chi connectivity index (χ0) is 11.7. The molecule has 0 aliphatic carbocycles. The number of aromatic nitrogens is 1. The number of H-pyrrole nitrogens is 1. The zero-order valence-corrected chi connectivity index (χ0v) is 10.2. The molecule has 1 atom stereocenters. The number of likely N-dealkylation sites (tertiary alicyclic amines) is 1. The Morgan fingerprint density at radius 1 is 1.35 bits per heavy atom. The Kier molecular flexibility index (Phi) is 2.77. The van der Waals surface area contributed by atoms with E-state index in [4.69, 9.17) is 0 Å². The van der Waals surface area contributed by atoms with Crippen molar-refractivity contribution in [2.45, 2.75) is 18.9 Å². The van der Waals surface area contributed by atoms with Gasteiger partial charge in [-0.2, -0.15) is 0 Å². The summed E-state index contributed by atoms with van der Waals surface area (Å²) in [5, 5.41) is 4.91. The van der Waals surface area contributed by atoms with E-state index < -0.39 is 0 Å². The first-order valence-electron chi connectivity index (χ1n) is 6.33. The van der Waals surface area contributed by atoms with Gasteiger partial charge < -0.3 is 15.2 Å². The SMILES string of the molecule is CN1CCCC(Nc2ccc3[nH]ccc3c2)C1. The highest BCUT2D eigenvalue weighted by Crippen LogP contribution is 2.20. The van der Waals surface area contributed by atoms with Gasteiger partial charge in [0.25, 0.3) is 0 Å². The lowest BCUT2D eigenvalue weighted by Gasteiger charge is -2.30. The third-order valence-electron chi connectivity index (χ3n) is 3.55. The maximum Gasteiger partial charge on any atom is 0.0455 e. The highest BCUT2D eigenvalue weighted by molar-refractivity contribution is 5.83. The molecule has 1 aliphatic rings. The Morgan fingerprint density at radius 2 is 2.29 bits per heavy atom. The Hall–Kier alpha value is -1.48. The van der Waals surface area contributed by atoms with Crippen LogP contribution in [-0.4, -0.2) is 36.1 Å². The summed E-state index contributed by atoms with van der Waals surface area (Å²) in [6.07, 6.45) is 4.55. The lowest BCUT2D eigenvalue weighted by Crippen LogP contribution is -2.39. The van der Waals surface area contributed by atoms with Gasteiger partial charge in [0, 0.05) is 35.4 Å². The standard InChI is InChI=1S/C14H19N3/c1-17-8-2-3-13(10-17)16-12-4-5-14-11(9-12)6-7-15-14/h4-7,9,13,15-16H,2-3,8,10H2,1H3. The molecule has 0 amide bonds. The van der Waals surface area contributed by atoms with E-state index in [9.17, 15) is 0 Å². The van der Waals surface area contributed by atoms with Crippen LogP contribution < -0.4 is 5.32 Å². The minimum atomic E-state index is 0.588. The molecule has 0 spiro atoms. The molecule has 17 heavy (non-hydrogen) atoms. The molecule has 1 unspecified atom stereocenters. The number of nitrogens with one attached hydrogen (secondary N) is 2. The molecule has 1 fully saturated rings. The Morgan fingerprint density at radius 3 is 3.18 bits per heavy atom. The minimum absolute atomic E-state index is 0.588. The van der Waals surface area contributed by atoms with Gasteiger partial charge in [-0.25, -0.2) is 0 Å². The van der Waals surface area contributed by atoms with Gasteiger partial charge >= 0.3 is 0 Å². The second kappa shape index (κ2) is 4.41. The van der Waals surface area contributed by atoms with E-state index in [1.54, 1.807) is 0 Å². The van der Waals surface area contributed by atoms with Crippen LogP contribution in [0.1, 0.15) is 12.8 Å². The van der Waals surface area contributed by atoms with Crippen LogP contribution in [0.4, 0.5) is 5.69 Å². The molecule has 1 aromatic heterocycles. The van der Waals surface area contributed by atoms with E-state index >= 15 is 0 Å². The lowest BCUT2D eigenvalue weighted by molar-refractivity contribution is 0.261. The number of benzene rings is 1. The third kappa shape index (κ3) is 2.29. The van der Waals surface area contributed by atoms with Gasteiger partial charge in [-0.1, -0.05) is 0 Å². The van der Waals surface area contributed by atoms with Crippen LogP contribution in [0.3, 0.4) is 0 Å². The van der Waals surface area contributed by atoms with Gasteiger partial charge in [-0.3, -0.25) is 0 Å². The molecule has 2 aromatic rings. The van der Waals surface area contributed by atoms with E-state index in [-0.39, 0.29) is 0 Å². The number of nitrogens with zero attached hydrogens (tertiary/aromatic N) is 1. The molecule has 2 heterocycles. The molecule has 1 aromatic carbocycles. The van der Waals surface area contributed by atoms with Crippen molar-refractivity contribution in [2.24, 2.45) is 0 Å². The summed E-state index contributed by atoms with van der Waals surface area (Å²) in [6, 6.07) is 9.23. The monoisotopic (exact) mass is 229 g/mol. The molecule has 3 heteroatoms. The first-order chi connectivity index (χ1) is 8.31. The first kappa shape index (κ1) is 10.7. The van der Waals surface area contributed by atoms with Crippen LogP contribution in [-0.2, 0) is 0 Å². The summed E-state index contributed by atoms with van der Waals surface area (Å²) in [5.41, 5.74) is 2.44. The van der Waals surface area contributed by atoms with Crippen molar-refractivity contribution >= 4 is 16.6 Å². The molecule has 1 aliphatic heterocycles. The summed E-state index contributed by atoms with van der Waals surface area (Å²) in [6.45, 7) is 2.38. The number of fused-ring (bicyclic) bond motifs is 1. The van der Waals surface area contributed by atoms with E-state index in [0.717, 1.165) is 6.54 Å². The van der Waals surface area contributed by atoms with Crippen molar-refractivity contribution in [1.82, 2.24) is 9.88 Å². The molecule has 0 bridgehead atoms. The fourth-order valence-corrected chi connectivity index (χ4v) is 2.66. The van der Waals surface area contributed by atoms with E-state index in [1.165, 1.54) is 36.0 Å². The summed E-state index contributed by atoms with van der Waals surface area (Å²) in [5.74, 6) is 0. The number of likely N-dealkylation sites (N-methyl/N-ethyl adjacent to an activating group) is 1. The van der Waals surface area contributed by atoms with Crippen LogP contribution in [0, 0.1) is 0 Å². The summed E-state index contributed by atoms with van der Waals surface area (Å²) in [7, 11) is 2.20. The van der Waals surface area contributed by atoms with Gasteiger partial charge in [0.15, 0.2) is 0 Å². The lowest BCUT2D eigenvalue weighted by atomic mass is 10.1. The van der Waals surface area contributed by atoms with E-state index in [1.807, 2.05) is 6.20 Å². The molecule has 90 valence electrons. The predicted octanol–water partition coefficient (Wildman–Crippen LogP) is 2.67. The fraction of sp³-hybridized carbons (Fsp3) is 0.429. The maximum atomic E-state index is 3.64. The summed E-state index contributed by atoms with van der Waals surface area (Å²) in [4.78, 5) is 5.62. The molecule has 2 N–H and O–H groups in total. The van der Waals surface area contributed by atoms with Crippen molar-refractivity contribution < 1.29 is 0 Å². The molecule has 0 radical (unpaired) electrons. The average Bonchev–Trinajstić information content (AvgIpc) is 2.76. The fourth-order valence-electron chi connectivity index (χ4n) is 2.66. The van der Waals surface area contributed by atoms with Gasteiger partial charge in [-0.15, -0.1) is 0 Å². The maximum absolute atomic E-state index is 3.64. The smallest absolute Gasteiger partial charge is 0.0455 e. The highest BCUT2D eigenvalue weighted by atomic mass is 15.1. The zero-order valence-electron chi connectivity index (χ0n) is 10.2. The normalized spacial score (nSPS) is 21.8.